The Morgan fingerprint density at radius 3 is 2.82 bits per heavy atom. The molecule has 1 aliphatic heterocycles. The van der Waals surface area contributed by atoms with Crippen molar-refractivity contribution in [3.05, 3.63) is 35.6 Å². The highest BCUT2D eigenvalue weighted by Crippen LogP contribution is 2.14. The highest BCUT2D eigenvalue weighted by Gasteiger charge is 2.12. The van der Waals surface area contributed by atoms with Crippen molar-refractivity contribution in [2.24, 2.45) is 5.92 Å². The Labute approximate surface area is 102 Å². The Bertz CT molecular complexity index is 319. The van der Waals surface area contributed by atoms with Crippen LogP contribution in [-0.4, -0.2) is 19.7 Å². The summed E-state index contributed by atoms with van der Waals surface area (Å²) in [5, 5.41) is 3.40. The van der Waals surface area contributed by atoms with Gasteiger partial charge in [-0.2, -0.15) is 0 Å². The molecule has 1 N–H and O–H groups in total. The minimum absolute atomic E-state index is 0.193. The van der Waals surface area contributed by atoms with Gasteiger partial charge in [0.25, 0.3) is 0 Å². The van der Waals surface area contributed by atoms with Crippen LogP contribution in [0, 0.1) is 11.7 Å². The fourth-order valence-corrected chi connectivity index (χ4v) is 2.19. The van der Waals surface area contributed by atoms with Crippen molar-refractivity contribution in [3.8, 4) is 0 Å². The zero-order valence-electron chi connectivity index (χ0n) is 10.1. The zero-order valence-corrected chi connectivity index (χ0v) is 10.1. The number of rotatable bonds is 5. The average Bonchev–Trinajstić information content (AvgIpc) is 2.38. The summed E-state index contributed by atoms with van der Waals surface area (Å²) in [6.45, 7) is 3.66. The van der Waals surface area contributed by atoms with Crippen molar-refractivity contribution < 1.29 is 9.13 Å². The van der Waals surface area contributed by atoms with Crippen molar-refractivity contribution in [3.63, 3.8) is 0 Å². The number of hydrogen-bond acceptors (Lipinski definition) is 2. The quantitative estimate of drug-likeness (QED) is 0.795. The first-order chi connectivity index (χ1) is 8.34. The molecule has 17 heavy (non-hydrogen) atoms. The predicted molar refractivity (Wildman–Crippen MR) is 66.3 cm³/mol. The molecule has 1 aromatic rings. The van der Waals surface area contributed by atoms with E-state index in [2.05, 4.69) is 5.32 Å². The standard InChI is InChI=1S/C14H20FNO/c15-14-5-3-13(4-6-14)11-17-9-7-12-2-1-8-16-10-12/h3-6,12,16H,1-2,7-11H2. The Kier molecular flexibility index (Phi) is 4.95. The molecule has 3 heteroatoms. The summed E-state index contributed by atoms with van der Waals surface area (Å²) in [5.41, 5.74) is 1.04. The van der Waals surface area contributed by atoms with E-state index in [9.17, 15) is 4.39 Å². The maximum atomic E-state index is 12.7. The number of nitrogens with one attached hydrogen (secondary N) is 1. The van der Waals surface area contributed by atoms with Crippen molar-refractivity contribution in [2.75, 3.05) is 19.7 Å². The van der Waals surface area contributed by atoms with Gasteiger partial charge in [0.2, 0.25) is 0 Å². The van der Waals surface area contributed by atoms with Crippen LogP contribution in [0.4, 0.5) is 4.39 Å². The maximum absolute atomic E-state index is 12.7. The number of benzene rings is 1. The molecule has 0 aromatic heterocycles. The summed E-state index contributed by atoms with van der Waals surface area (Å²) in [4.78, 5) is 0. The van der Waals surface area contributed by atoms with Crippen molar-refractivity contribution >= 4 is 0 Å². The summed E-state index contributed by atoms with van der Waals surface area (Å²) < 4.78 is 18.3. The monoisotopic (exact) mass is 237 g/mol. The van der Waals surface area contributed by atoms with Gasteiger partial charge in [-0.3, -0.25) is 0 Å². The molecule has 1 aromatic carbocycles. The summed E-state index contributed by atoms with van der Waals surface area (Å²) in [7, 11) is 0. The molecule has 0 bridgehead atoms. The second-order valence-corrected chi connectivity index (χ2v) is 4.68. The molecule has 2 nitrogen and oxygen atoms in total. The van der Waals surface area contributed by atoms with E-state index in [4.69, 9.17) is 4.74 Å². The van der Waals surface area contributed by atoms with Crippen LogP contribution in [0.15, 0.2) is 24.3 Å². The van der Waals surface area contributed by atoms with Crippen LogP contribution in [0.2, 0.25) is 0 Å². The highest BCUT2D eigenvalue weighted by atomic mass is 19.1. The fourth-order valence-electron chi connectivity index (χ4n) is 2.19. The normalized spacial score (nSPS) is 20.4. The van der Waals surface area contributed by atoms with Crippen LogP contribution in [-0.2, 0) is 11.3 Å². The van der Waals surface area contributed by atoms with Crippen LogP contribution in [0.1, 0.15) is 24.8 Å². The first kappa shape index (κ1) is 12.5. The molecule has 0 saturated carbocycles. The third-order valence-electron chi connectivity index (χ3n) is 3.25. The van der Waals surface area contributed by atoms with Gasteiger partial charge in [0.15, 0.2) is 0 Å². The van der Waals surface area contributed by atoms with Gasteiger partial charge in [0, 0.05) is 6.61 Å². The number of hydrogen-bond donors (Lipinski definition) is 1. The first-order valence-corrected chi connectivity index (χ1v) is 6.37. The van der Waals surface area contributed by atoms with Crippen LogP contribution in [0.25, 0.3) is 0 Å². The molecule has 1 fully saturated rings. The molecule has 2 rings (SSSR count). The van der Waals surface area contributed by atoms with Crippen LogP contribution in [0.3, 0.4) is 0 Å². The van der Waals surface area contributed by atoms with Crippen molar-refractivity contribution in [1.82, 2.24) is 5.32 Å². The van der Waals surface area contributed by atoms with E-state index in [-0.39, 0.29) is 5.82 Å². The predicted octanol–water partition coefficient (Wildman–Crippen LogP) is 2.73. The second-order valence-electron chi connectivity index (χ2n) is 4.68. The molecule has 0 aliphatic carbocycles. The summed E-state index contributed by atoms with van der Waals surface area (Å²) in [5.74, 6) is 0.569. The zero-order chi connectivity index (χ0) is 11.9. The lowest BCUT2D eigenvalue weighted by Crippen LogP contribution is -2.30. The van der Waals surface area contributed by atoms with Gasteiger partial charge in [-0.15, -0.1) is 0 Å². The van der Waals surface area contributed by atoms with E-state index in [1.165, 1.54) is 25.0 Å². The number of ether oxygens (including phenoxy) is 1. The van der Waals surface area contributed by atoms with E-state index < -0.39 is 0 Å². The molecule has 1 heterocycles. The van der Waals surface area contributed by atoms with E-state index in [0.29, 0.717) is 6.61 Å². The Morgan fingerprint density at radius 2 is 2.12 bits per heavy atom. The lowest BCUT2D eigenvalue weighted by Gasteiger charge is -2.22. The lowest BCUT2D eigenvalue weighted by molar-refractivity contribution is 0.103. The minimum atomic E-state index is -0.193. The SMILES string of the molecule is Fc1ccc(COCCC2CCCNC2)cc1. The summed E-state index contributed by atoms with van der Waals surface area (Å²) in [6.07, 6.45) is 3.71. The number of piperidine rings is 1. The Morgan fingerprint density at radius 1 is 1.29 bits per heavy atom. The van der Waals surface area contributed by atoms with Gasteiger partial charge in [-0.05, 0) is 56.0 Å². The Hall–Kier alpha value is -0.930. The summed E-state index contributed by atoms with van der Waals surface area (Å²) >= 11 is 0. The van der Waals surface area contributed by atoms with E-state index in [1.54, 1.807) is 12.1 Å². The number of halogens is 1. The molecule has 0 radical (unpaired) electrons. The van der Waals surface area contributed by atoms with E-state index >= 15 is 0 Å². The van der Waals surface area contributed by atoms with Gasteiger partial charge in [-0.1, -0.05) is 12.1 Å². The highest BCUT2D eigenvalue weighted by molar-refractivity contribution is 5.14. The van der Waals surface area contributed by atoms with E-state index in [1.807, 2.05) is 0 Å². The third kappa shape index (κ3) is 4.44. The first-order valence-electron chi connectivity index (χ1n) is 6.37. The third-order valence-corrected chi connectivity index (χ3v) is 3.25. The topological polar surface area (TPSA) is 21.3 Å². The molecule has 0 amide bonds. The average molecular weight is 237 g/mol. The van der Waals surface area contributed by atoms with E-state index in [0.717, 1.165) is 37.6 Å². The van der Waals surface area contributed by atoms with Gasteiger partial charge in [0.05, 0.1) is 6.61 Å². The molecule has 1 atom stereocenters. The molecule has 1 saturated heterocycles. The fraction of sp³-hybridized carbons (Fsp3) is 0.571. The minimum Gasteiger partial charge on any atom is -0.377 e. The summed E-state index contributed by atoms with van der Waals surface area (Å²) in [6, 6.07) is 6.50. The second kappa shape index (κ2) is 6.72. The van der Waals surface area contributed by atoms with Crippen LogP contribution in [0.5, 0.6) is 0 Å². The van der Waals surface area contributed by atoms with Crippen molar-refractivity contribution in [2.45, 2.75) is 25.9 Å². The molecule has 1 unspecified atom stereocenters. The van der Waals surface area contributed by atoms with Gasteiger partial charge >= 0.3 is 0 Å². The lowest BCUT2D eigenvalue weighted by atomic mass is 9.97. The molecule has 94 valence electrons. The van der Waals surface area contributed by atoms with Crippen molar-refractivity contribution in [1.29, 1.82) is 0 Å². The molecule has 1 aliphatic rings. The molecule has 0 spiro atoms. The van der Waals surface area contributed by atoms with Gasteiger partial charge < -0.3 is 10.1 Å². The van der Waals surface area contributed by atoms with Crippen LogP contribution < -0.4 is 5.32 Å². The molecular weight excluding hydrogens is 217 g/mol. The smallest absolute Gasteiger partial charge is 0.123 e. The van der Waals surface area contributed by atoms with Gasteiger partial charge in [-0.25, -0.2) is 4.39 Å². The molecular formula is C14H20FNO. The van der Waals surface area contributed by atoms with Gasteiger partial charge in [0.1, 0.15) is 5.82 Å². The van der Waals surface area contributed by atoms with Crippen LogP contribution >= 0.6 is 0 Å². The maximum Gasteiger partial charge on any atom is 0.123 e. The largest absolute Gasteiger partial charge is 0.377 e. The Balaban J connectivity index is 1.60.